The third-order valence-corrected chi connectivity index (χ3v) is 4.28. The van der Waals surface area contributed by atoms with E-state index in [0.717, 1.165) is 25.2 Å². The van der Waals surface area contributed by atoms with Gasteiger partial charge in [-0.1, -0.05) is 46.0 Å². The van der Waals surface area contributed by atoms with Crippen molar-refractivity contribution in [1.29, 1.82) is 0 Å². The van der Waals surface area contributed by atoms with E-state index in [1.54, 1.807) is 0 Å². The van der Waals surface area contributed by atoms with Gasteiger partial charge in [0.05, 0.1) is 6.54 Å². The molecule has 0 aliphatic heterocycles. The van der Waals surface area contributed by atoms with Gasteiger partial charge in [0.25, 0.3) is 0 Å². The molecule has 0 aromatic rings. The maximum Gasteiger partial charge on any atom is 0.234 e. The number of carbonyl (C=O) groups excluding carboxylic acids is 1. The van der Waals surface area contributed by atoms with Crippen molar-refractivity contribution >= 4 is 5.91 Å². The summed E-state index contributed by atoms with van der Waals surface area (Å²) in [6.45, 7) is 7.12. The molecule has 0 saturated heterocycles. The molecule has 3 heteroatoms. The Morgan fingerprint density at radius 2 is 1.79 bits per heavy atom. The summed E-state index contributed by atoms with van der Waals surface area (Å²) in [6.07, 6.45) is 9.87. The van der Waals surface area contributed by atoms with Gasteiger partial charge in [0.1, 0.15) is 0 Å². The Morgan fingerprint density at radius 3 is 2.37 bits per heavy atom. The summed E-state index contributed by atoms with van der Waals surface area (Å²) in [5, 5.41) is 6.52. The Kier molecular flexibility index (Phi) is 8.11. The van der Waals surface area contributed by atoms with Crippen LogP contribution < -0.4 is 10.6 Å². The standard InChI is InChI=1S/C16H32N2O/c1-4-13(2)11-14(3)17-12-16(19)18-15-9-7-5-6-8-10-15/h13-15,17H,4-12H2,1-3H3,(H,18,19). The Balaban J connectivity index is 2.16. The molecule has 0 bridgehead atoms. The topological polar surface area (TPSA) is 41.1 Å². The molecule has 112 valence electrons. The van der Waals surface area contributed by atoms with E-state index < -0.39 is 0 Å². The minimum atomic E-state index is 0.169. The lowest BCUT2D eigenvalue weighted by atomic mass is 10.0. The number of hydrogen-bond acceptors (Lipinski definition) is 2. The Labute approximate surface area is 118 Å². The van der Waals surface area contributed by atoms with Gasteiger partial charge in [-0.25, -0.2) is 0 Å². The number of amides is 1. The maximum absolute atomic E-state index is 11.9. The maximum atomic E-state index is 11.9. The molecule has 0 heterocycles. The lowest BCUT2D eigenvalue weighted by Gasteiger charge is -2.19. The molecule has 0 aromatic carbocycles. The Hall–Kier alpha value is -0.570. The zero-order chi connectivity index (χ0) is 14.1. The van der Waals surface area contributed by atoms with Crippen molar-refractivity contribution in [2.75, 3.05) is 6.54 Å². The van der Waals surface area contributed by atoms with Gasteiger partial charge in [0.2, 0.25) is 5.91 Å². The monoisotopic (exact) mass is 268 g/mol. The third kappa shape index (κ3) is 7.56. The van der Waals surface area contributed by atoms with Crippen molar-refractivity contribution in [1.82, 2.24) is 10.6 Å². The molecule has 2 atom stereocenters. The van der Waals surface area contributed by atoms with Crippen molar-refractivity contribution < 1.29 is 4.79 Å². The van der Waals surface area contributed by atoms with Crippen LogP contribution in [0.5, 0.6) is 0 Å². The predicted octanol–water partition coefficient (Wildman–Crippen LogP) is 3.24. The van der Waals surface area contributed by atoms with Gasteiger partial charge in [0.15, 0.2) is 0 Å². The summed E-state index contributed by atoms with van der Waals surface area (Å²) in [4.78, 5) is 11.9. The molecule has 1 aliphatic rings. The molecule has 2 unspecified atom stereocenters. The van der Waals surface area contributed by atoms with Crippen molar-refractivity contribution in [3.05, 3.63) is 0 Å². The molecule has 1 saturated carbocycles. The smallest absolute Gasteiger partial charge is 0.234 e. The average molecular weight is 268 g/mol. The molecular formula is C16H32N2O. The van der Waals surface area contributed by atoms with Crippen LogP contribution >= 0.6 is 0 Å². The molecule has 0 aromatic heterocycles. The van der Waals surface area contributed by atoms with E-state index in [4.69, 9.17) is 0 Å². The molecule has 2 N–H and O–H groups in total. The molecule has 19 heavy (non-hydrogen) atoms. The molecule has 3 nitrogen and oxygen atoms in total. The highest BCUT2D eigenvalue weighted by Gasteiger charge is 2.15. The van der Waals surface area contributed by atoms with Crippen LogP contribution in [-0.2, 0) is 4.79 Å². The SMILES string of the molecule is CCC(C)CC(C)NCC(=O)NC1CCCCCC1. The highest BCUT2D eigenvalue weighted by atomic mass is 16.1. The quantitative estimate of drug-likeness (QED) is 0.696. The first-order valence-electron chi connectivity index (χ1n) is 8.14. The van der Waals surface area contributed by atoms with Crippen LogP contribution in [0.2, 0.25) is 0 Å². The number of hydrogen-bond donors (Lipinski definition) is 2. The summed E-state index contributed by atoms with van der Waals surface area (Å²) in [5.41, 5.74) is 0. The van der Waals surface area contributed by atoms with Crippen LogP contribution in [0.3, 0.4) is 0 Å². The highest BCUT2D eigenvalue weighted by molar-refractivity contribution is 5.78. The van der Waals surface area contributed by atoms with E-state index in [2.05, 4.69) is 31.4 Å². The number of nitrogens with one attached hydrogen (secondary N) is 2. The predicted molar refractivity (Wildman–Crippen MR) is 81.2 cm³/mol. The third-order valence-electron chi connectivity index (χ3n) is 4.28. The zero-order valence-corrected chi connectivity index (χ0v) is 13.0. The molecular weight excluding hydrogens is 236 g/mol. The van der Waals surface area contributed by atoms with Gasteiger partial charge >= 0.3 is 0 Å². The Bertz CT molecular complexity index is 247. The van der Waals surface area contributed by atoms with Crippen LogP contribution in [0.1, 0.15) is 72.1 Å². The zero-order valence-electron chi connectivity index (χ0n) is 13.0. The van der Waals surface area contributed by atoms with Crippen molar-refractivity contribution in [3.63, 3.8) is 0 Å². The van der Waals surface area contributed by atoms with Gasteiger partial charge in [-0.2, -0.15) is 0 Å². The lowest BCUT2D eigenvalue weighted by Crippen LogP contribution is -2.42. The highest BCUT2D eigenvalue weighted by Crippen LogP contribution is 2.17. The normalized spacial score (nSPS) is 20.6. The van der Waals surface area contributed by atoms with Gasteiger partial charge < -0.3 is 10.6 Å². The molecule has 0 spiro atoms. The summed E-state index contributed by atoms with van der Waals surface area (Å²) in [7, 11) is 0. The number of carbonyl (C=O) groups is 1. The fourth-order valence-electron chi connectivity index (χ4n) is 2.82. The van der Waals surface area contributed by atoms with Gasteiger partial charge in [0, 0.05) is 12.1 Å². The second-order valence-corrected chi connectivity index (χ2v) is 6.29. The van der Waals surface area contributed by atoms with Gasteiger partial charge in [-0.15, -0.1) is 0 Å². The fraction of sp³-hybridized carbons (Fsp3) is 0.938. The molecule has 1 aliphatic carbocycles. The summed E-state index contributed by atoms with van der Waals surface area (Å²) >= 11 is 0. The molecule has 1 amide bonds. The van der Waals surface area contributed by atoms with Crippen LogP contribution in [0.25, 0.3) is 0 Å². The van der Waals surface area contributed by atoms with Crippen LogP contribution in [0.4, 0.5) is 0 Å². The summed E-state index contributed by atoms with van der Waals surface area (Å²) < 4.78 is 0. The van der Waals surface area contributed by atoms with Crippen molar-refractivity contribution in [2.24, 2.45) is 5.92 Å². The number of rotatable bonds is 7. The van der Waals surface area contributed by atoms with E-state index in [-0.39, 0.29) is 5.91 Å². The van der Waals surface area contributed by atoms with E-state index in [0.29, 0.717) is 18.6 Å². The average Bonchev–Trinajstić information content (AvgIpc) is 2.65. The molecule has 0 radical (unpaired) electrons. The first kappa shape index (κ1) is 16.5. The van der Waals surface area contributed by atoms with E-state index in [9.17, 15) is 4.79 Å². The molecule has 1 rings (SSSR count). The summed E-state index contributed by atoms with van der Waals surface area (Å²) in [6, 6.07) is 0.844. The second kappa shape index (κ2) is 9.35. The van der Waals surface area contributed by atoms with Crippen LogP contribution in [-0.4, -0.2) is 24.5 Å². The molecule has 1 fully saturated rings. The van der Waals surface area contributed by atoms with E-state index in [1.807, 2.05) is 0 Å². The van der Waals surface area contributed by atoms with Crippen molar-refractivity contribution in [2.45, 2.75) is 84.2 Å². The largest absolute Gasteiger partial charge is 0.352 e. The van der Waals surface area contributed by atoms with Crippen LogP contribution in [0.15, 0.2) is 0 Å². The lowest BCUT2D eigenvalue weighted by molar-refractivity contribution is -0.121. The first-order chi connectivity index (χ1) is 9.11. The summed E-state index contributed by atoms with van der Waals surface area (Å²) in [5.74, 6) is 0.898. The van der Waals surface area contributed by atoms with E-state index in [1.165, 1.54) is 32.1 Å². The minimum Gasteiger partial charge on any atom is -0.352 e. The first-order valence-corrected chi connectivity index (χ1v) is 8.14. The van der Waals surface area contributed by atoms with Crippen LogP contribution in [0, 0.1) is 5.92 Å². The second-order valence-electron chi connectivity index (χ2n) is 6.29. The van der Waals surface area contributed by atoms with Gasteiger partial charge in [-0.3, -0.25) is 4.79 Å². The van der Waals surface area contributed by atoms with E-state index >= 15 is 0 Å². The fourth-order valence-corrected chi connectivity index (χ4v) is 2.82. The Morgan fingerprint density at radius 1 is 1.16 bits per heavy atom. The van der Waals surface area contributed by atoms with Gasteiger partial charge in [-0.05, 0) is 32.1 Å². The van der Waals surface area contributed by atoms with Crippen molar-refractivity contribution in [3.8, 4) is 0 Å². The minimum absolute atomic E-state index is 0.169.